The first-order valence-corrected chi connectivity index (χ1v) is 6.80. The minimum atomic E-state index is -1.32. The SMILES string of the molecule is Cn1cc(N2N=C(c3ccc(Cl)cc3)C=[C][C@@]2(C)O)cn1. The van der Waals surface area contributed by atoms with E-state index in [1.165, 1.54) is 5.01 Å². The third-order valence-corrected chi connectivity index (χ3v) is 3.43. The third-order valence-electron chi connectivity index (χ3n) is 3.18. The number of allylic oxidation sites excluding steroid dienone is 1. The maximum absolute atomic E-state index is 10.4. The molecule has 1 aromatic carbocycles. The van der Waals surface area contributed by atoms with Gasteiger partial charge in [-0.3, -0.25) is 4.68 Å². The van der Waals surface area contributed by atoms with Crippen LogP contribution in [0.2, 0.25) is 5.02 Å². The summed E-state index contributed by atoms with van der Waals surface area (Å²) in [6, 6.07) is 7.35. The molecule has 1 N–H and O–H groups in total. The normalized spacial score (nSPS) is 21.5. The molecule has 0 aliphatic carbocycles. The van der Waals surface area contributed by atoms with E-state index in [2.05, 4.69) is 16.3 Å². The second kappa shape index (κ2) is 5.02. The summed E-state index contributed by atoms with van der Waals surface area (Å²) in [5, 5.41) is 21.2. The lowest BCUT2D eigenvalue weighted by Crippen LogP contribution is -2.44. The third kappa shape index (κ3) is 2.70. The largest absolute Gasteiger partial charge is 0.366 e. The summed E-state index contributed by atoms with van der Waals surface area (Å²) in [4.78, 5) is 0. The van der Waals surface area contributed by atoms with Crippen LogP contribution in [0.15, 0.2) is 47.8 Å². The molecular formula is C15H14ClN4O. The molecule has 3 rings (SSSR count). The standard InChI is InChI=1S/C15H14ClN4O/c1-15(21)8-7-14(11-3-5-12(16)6-4-11)18-20(15)13-9-17-19(2)10-13/h3-7,9-10,21H,1-2H3/t15-/m1/s1. The van der Waals surface area contributed by atoms with E-state index in [9.17, 15) is 5.11 Å². The number of halogens is 1. The maximum Gasteiger partial charge on any atom is 0.182 e. The van der Waals surface area contributed by atoms with Gasteiger partial charge < -0.3 is 5.11 Å². The van der Waals surface area contributed by atoms with Gasteiger partial charge in [-0.05, 0) is 25.1 Å². The zero-order chi connectivity index (χ0) is 15.0. The molecule has 5 nitrogen and oxygen atoms in total. The van der Waals surface area contributed by atoms with Crippen LogP contribution in [0.4, 0.5) is 5.69 Å². The molecule has 1 aliphatic rings. The number of benzene rings is 1. The van der Waals surface area contributed by atoms with Gasteiger partial charge in [0.25, 0.3) is 0 Å². The number of hydrogen-bond acceptors (Lipinski definition) is 4. The van der Waals surface area contributed by atoms with E-state index in [4.69, 9.17) is 11.6 Å². The summed E-state index contributed by atoms with van der Waals surface area (Å²) in [5.74, 6) is 0. The van der Waals surface area contributed by atoms with Gasteiger partial charge >= 0.3 is 0 Å². The van der Waals surface area contributed by atoms with Crippen LogP contribution in [0.1, 0.15) is 12.5 Å². The summed E-state index contributed by atoms with van der Waals surface area (Å²) in [5.41, 5.74) is 0.965. The highest BCUT2D eigenvalue weighted by molar-refractivity contribution is 6.30. The van der Waals surface area contributed by atoms with Crippen molar-refractivity contribution in [2.75, 3.05) is 5.01 Å². The van der Waals surface area contributed by atoms with E-state index in [1.54, 1.807) is 42.2 Å². The quantitative estimate of drug-likeness (QED) is 0.926. The van der Waals surface area contributed by atoms with Crippen molar-refractivity contribution in [3.05, 3.63) is 59.4 Å². The van der Waals surface area contributed by atoms with Crippen LogP contribution in [0.25, 0.3) is 0 Å². The Morgan fingerprint density at radius 3 is 2.62 bits per heavy atom. The van der Waals surface area contributed by atoms with Crippen LogP contribution < -0.4 is 5.01 Å². The average Bonchev–Trinajstić information content (AvgIpc) is 2.86. The van der Waals surface area contributed by atoms with Crippen molar-refractivity contribution in [3.63, 3.8) is 0 Å². The van der Waals surface area contributed by atoms with E-state index in [0.29, 0.717) is 16.4 Å². The van der Waals surface area contributed by atoms with Gasteiger partial charge in [0.15, 0.2) is 5.72 Å². The second-order valence-electron chi connectivity index (χ2n) is 4.99. The van der Waals surface area contributed by atoms with Crippen LogP contribution in [0.5, 0.6) is 0 Å². The lowest BCUT2D eigenvalue weighted by molar-refractivity contribution is 0.0979. The van der Waals surface area contributed by atoms with Crippen molar-refractivity contribution in [3.8, 4) is 0 Å². The van der Waals surface area contributed by atoms with Crippen molar-refractivity contribution < 1.29 is 5.11 Å². The fourth-order valence-electron chi connectivity index (χ4n) is 2.09. The minimum absolute atomic E-state index is 0.666. The van der Waals surface area contributed by atoms with E-state index in [-0.39, 0.29) is 0 Å². The van der Waals surface area contributed by atoms with Gasteiger partial charge in [0.05, 0.1) is 11.9 Å². The van der Waals surface area contributed by atoms with Gasteiger partial charge in [-0.15, -0.1) is 0 Å². The fourth-order valence-corrected chi connectivity index (χ4v) is 2.21. The molecule has 0 saturated heterocycles. The summed E-state index contributed by atoms with van der Waals surface area (Å²) >= 11 is 5.90. The number of rotatable bonds is 2. The Hall–Kier alpha value is -2.11. The number of anilines is 1. The van der Waals surface area contributed by atoms with Crippen LogP contribution in [-0.4, -0.2) is 26.3 Å². The predicted octanol–water partition coefficient (Wildman–Crippen LogP) is 2.37. The number of aliphatic hydroxyl groups is 1. The molecule has 0 spiro atoms. The molecule has 1 aliphatic heterocycles. The van der Waals surface area contributed by atoms with Crippen molar-refractivity contribution >= 4 is 23.0 Å². The molecule has 1 aromatic heterocycles. The first kappa shape index (κ1) is 13.9. The molecule has 0 bridgehead atoms. The Balaban J connectivity index is 2.01. The maximum atomic E-state index is 10.4. The Kier molecular flexibility index (Phi) is 3.31. The van der Waals surface area contributed by atoms with Gasteiger partial charge in [-0.2, -0.15) is 10.2 Å². The molecule has 0 fully saturated rings. The van der Waals surface area contributed by atoms with Crippen LogP contribution in [0.3, 0.4) is 0 Å². The van der Waals surface area contributed by atoms with Crippen LogP contribution in [-0.2, 0) is 7.05 Å². The highest BCUT2D eigenvalue weighted by atomic mass is 35.5. The number of nitrogens with zero attached hydrogens (tertiary/aromatic N) is 4. The number of aromatic nitrogens is 2. The first-order chi connectivity index (χ1) is 9.95. The average molecular weight is 302 g/mol. The molecule has 1 atom stereocenters. The van der Waals surface area contributed by atoms with Crippen LogP contribution >= 0.6 is 11.6 Å². The Labute approximate surface area is 127 Å². The summed E-state index contributed by atoms with van der Waals surface area (Å²) < 4.78 is 1.65. The van der Waals surface area contributed by atoms with Crippen molar-refractivity contribution in [1.29, 1.82) is 0 Å². The predicted molar refractivity (Wildman–Crippen MR) is 82.1 cm³/mol. The monoisotopic (exact) mass is 301 g/mol. The van der Waals surface area contributed by atoms with Crippen LogP contribution in [0, 0.1) is 6.08 Å². The second-order valence-corrected chi connectivity index (χ2v) is 5.42. The minimum Gasteiger partial charge on any atom is -0.366 e. The molecule has 1 radical (unpaired) electrons. The molecule has 0 unspecified atom stereocenters. The lowest BCUT2D eigenvalue weighted by Gasteiger charge is -2.33. The van der Waals surface area contributed by atoms with Gasteiger partial charge in [-0.25, -0.2) is 5.01 Å². The molecule has 2 aromatic rings. The molecular weight excluding hydrogens is 288 g/mol. The zero-order valence-corrected chi connectivity index (χ0v) is 12.4. The molecule has 107 valence electrons. The van der Waals surface area contributed by atoms with E-state index >= 15 is 0 Å². The Morgan fingerprint density at radius 2 is 2.00 bits per heavy atom. The zero-order valence-electron chi connectivity index (χ0n) is 11.7. The molecule has 0 amide bonds. The summed E-state index contributed by atoms with van der Waals surface area (Å²) in [7, 11) is 1.81. The van der Waals surface area contributed by atoms with E-state index < -0.39 is 5.72 Å². The van der Waals surface area contributed by atoms with Gasteiger partial charge in [-0.1, -0.05) is 23.7 Å². The van der Waals surface area contributed by atoms with E-state index in [1.807, 2.05) is 19.2 Å². The molecule has 6 heteroatoms. The van der Waals surface area contributed by atoms with Crippen molar-refractivity contribution in [2.24, 2.45) is 12.1 Å². The molecule has 2 heterocycles. The van der Waals surface area contributed by atoms with Gasteiger partial charge in [0.2, 0.25) is 0 Å². The molecule has 21 heavy (non-hydrogen) atoms. The summed E-state index contributed by atoms with van der Waals surface area (Å²) in [6.45, 7) is 1.62. The highest BCUT2D eigenvalue weighted by Crippen LogP contribution is 2.27. The van der Waals surface area contributed by atoms with Gasteiger partial charge in [0, 0.05) is 29.9 Å². The number of hydrazone groups is 1. The Bertz CT molecular complexity index is 716. The fraction of sp³-hybridized carbons (Fsp3) is 0.200. The summed E-state index contributed by atoms with van der Waals surface area (Å²) in [6.07, 6.45) is 8.04. The number of aryl methyl sites for hydroxylation is 1. The lowest BCUT2D eigenvalue weighted by atomic mass is 10.1. The van der Waals surface area contributed by atoms with E-state index in [0.717, 1.165) is 5.56 Å². The van der Waals surface area contributed by atoms with Gasteiger partial charge in [0.1, 0.15) is 5.69 Å². The topological polar surface area (TPSA) is 53.7 Å². The number of hydrogen-bond donors (Lipinski definition) is 1. The smallest absolute Gasteiger partial charge is 0.182 e. The van der Waals surface area contributed by atoms with Crippen molar-refractivity contribution in [2.45, 2.75) is 12.6 Å². The first-order valence-electron chi connectivity index (χ1n) is 6.42. The highest BCUT2D eigenvalue weighted by Gasteiger charge is 2.31. The Morgan fingerprint density at radius 1 is 1.29 bits per heavy atom. The van der Waals surface area contributed by atoms with Crippen molar-refractivity contribution in [1.82, 2.24) is 9.78 Å². The molecule has 0 saturated carbocycles.